The highest BCUT2D eigenvalue weighted by atomic mass is 16.5. The molecule has 0 saturated heterocycles. The molecule has 0 radical (unpaired) electrons. The normalized spacial score (nSPS) is 11.8. The van der Waals surface area contributed by atoms with Crippen molar-refractivity contribution >= 4 is 16.4 Å². The number of hydrogen-bond acceptors (Lipinski definition) is 4. The summed E-state index contributed by atoms with van der Waals surface area (Å²) in [6.45, 7) is 19.0. The summed E-state index contributed by atoms with van der Waals surface area (Å²) in [5, 5.41) is 9.94. The first-order chi connectivity index (χ1) is 13.6. The summed E-state index contributed by atoms with van der Waals surface area (Å²) in [5.74, 6) is -0.565. The van der Waals surface area contributed by atoms with Gasteiger partial charge in [0.15, 0.2) is 0 Å². The van der Waals surface area contributed by atoms with E-state index in [-0.39, 0.29) is 0 Å². The molecule has 5 heteroatoms. The van der Waals surface area contributed by atoms with Gasteiger partial charge in [0.05, 0.1) is 5.52 Å². The van der Waals surface area contributed by atoms with Crippen LogP contribution in [0.2, 0.25) is 0 Å². The molecule has 5 nitrogen and oxygen atoms in total. The van der Waals surface area contributed by atoms with E-state index in [4.69, 9.17) is 4.52 Å². The molecule has 0 amide bonds. The van der Waals surface area contributed by atoms with Gasteiger partial charge in [-0.15, -0.1) is 0 Å². The summed E-state index contributed by atoms with van der Waals surface area (Å²) in [6, 6.07) is 0. The lowest BCUT2D eigenvalue weighted by Gasteiger charge is -2.18. The van der Waals surface area contributed by atoms with Crippen LogP contribution < -0.4 is 5.76 Å². The van der Waals surface area contributed by atoms with Crippen molar-refractivity contribution in [2.24, 2.45) is 0 Å². The van der Waals surface area contributed by atoms with Crippen LogP contribution in [-0.2, 0) is 0 Å². The maximum absolute atomic E-state index is 12.6. The van der Waals surface area contributed by atoms with Gasteiger partial charge in [-0.2, -0.15) is 9.61 Å². The van der Waals surface area contributed by atoms with Gasteiger partial charge in [0.1, 0.15) is 11.2 Å². The van der Waals surface area contributed by atoms with Gasteiger partial charge in [0.25, 0.3) is 0 Å². The van der Waals surface area contributed by atoms with Crippen molar-refractivity contribution in [2.75, 3.05) is 0 Å². The first-order valence-electron chi connectivity index (χ1n) is 9.94. The van der Waals surface area contributed by atoms with Crippen LogP contribution in [0.25, 0.3) is 27.7 Å². The van der Waals surface area contributed by atoms with Crippen molar-refractivity contribution in [2.45, 2.75) is 62.3 Å². The SMILES string of the molecule is Cc1c(C)c(C)c(-c2noc(=O)n3nc4c(C)c(C)c(C)c(C)c4c23)c(C)c1C. The summed E-state index contributed by atoms with van der Waals surface area (Å²) < 4.78 is 6.59. The minimum absolute atomic E-state index is 0.565. The third kappa shape index (κ3) is 2.43. The Kier molecular flexibility index (Phi) is 4.19. The number of aromatic nitrogens is 3. The molecule has 0 unspecified atom stereocenters. The average Bonchev–Trinajstić information content (AvgIpc) is 3.11. The van der Waals surface area contributed by atoms with E-state index in [2.05, 4.69) is 72.6 Å². The molecule has 0 saturated carbocycles. The van der Waals surface area contributed by atoms with Crippen molar-refractivity contribution in [3.05, 3.63) is 60.6 Å². The van der Waals surface area contributed by atoms with Crippen LogP contribution in [0, 0.1) is 62.3 Å². The van der Waals surface area contributed by atoms with Gasteiger partial charge in [-0.25, -0.2) is 4.79 Å². The molecule has 4 aromatic rings. The lowest BCUT2D eigenvalue weighted by atomic mass is 9.87. The van der Waals surface area contributed by atoms with E-state index < -0.39 is 5.76 Å². The van der Waals surface area contributed by atoms with Gasteiger partial charge < -0.3 is 0 Å². The van der Waals surface area contributed by atoms with Gasteiger partial charge in [-0.05, 0) is 112 Å². The Bertz CT molecular complexity index is 1380. The molecule has 150 valence electrons. The van der Waals surface area contributed by atoms with Crippen LogP contribution >= 0.6 is 0 Å². The second-order valence-corrected chi connectivity index (χ2v) is 8.28. The molecule has 0 bridgehead atoms. The quantitative estimate of drug-likeness (QED) is 0.444. The minimum Gasteiger partial charge on any atom is -0.296 e. The van der Waals surface area contributed by atoms with Gasteiger partial charge in [-0.1, -0.05) is 5.16 Å². The number of nitrogens with zero attached hydrogens (tertiary/aromatic N) is 3. The first-order valence-corrected chi connectivity index (χ1v) is 9.94. The summed E-state index contributed by atoms with van der Waals surface area (Å²) in [7, 11) is 0. The van der Waals surface area contributed by atoms with Crippen molar-refractivity contribution in [3.8, 4) is 11.3 Å². The predicted octanol–water partition coefficient (Wildman–Crippen LogP) is 5.28. The Balaban J connectivity index is 2.32. The summed E-state index contributed by atoms with van der Waals surface area (Å²) >= 11 is 0. The number of fused-ring (bicyclic) bond motifs is 3. The number of benzene rings is 2. The standard InChI is InChI=1S/C24H27N3O2/c1-10-11(2)15(6)19(16(7)12(10)3)22-23-20-17(8)13(4)14(5)18(9)21(20)25-27(23)24(28)29-26-22/h1-9H3. The molecule has 0 aliphatic rings. The van der Waals surface area contributed by atoms with Crippen molar-refractivity contribution in [1.82, 2.24) is 14.8 Å². The second kappa shape index (κ2) is 6.28. The average molecular weight is 389 g/mol. The predicted molar refractivity (Wildman–Crippen MR) is 117 cm³/mol. The number of aryl methyl sites for hydroxylation is 2. The molecular weight excluding hydrogens is 362 g/mol. The molecule has 2 heterocycles. The maximum Gasteiger partial charge on any atom is 0.461 e. The van der Waals surface area contributed by atoms with Crippen LogP contribution in [-0.4, -0.2) is 14.8 Å². The monoisotopic (exact) mass is 389 g/mol. The molecular formula is C24H27N3O2. The number of rotatable bonds is 1. The molecule has 4 rings (SSSR count). The minimum atomic E-state index is -0.565. The van der Waals surface area contributed by atoms with Crippen molar-refractivity contribution in [1.29, 1.82) is 0 Å². The summed E-state index contributed by atoms with van der Waals surface area (Å²) in [5.41, 5.74) is 14.0. The largest absolute Gasteiger partial charge is 0.461 e. The van der Waals surface area contributed by atoms with E-state index in [1.54, 1.807) is 0 Å². The molecule has 0 aliphatic heterocycles. The van der Waals surface area contributed by atoms with Crippen LogP contribution in [0.5, 0.6) is 0 Å². The maximum atomic E-state index is 12.6. The smallest absolute Gasteiger partial charge is 0.296 e. The molecule has 0 aliphatic carbocycles. The Hall–Kier alpha value is -2.95. The molecule has 0 fully saturated rings. The van der Waals surface area contributed by atoms with Crippen molar-refractivity contribution < 1.29 is 4.52 Å². The third-order valence-corrected chi connectivity index (χ3v) is 7.15. The van der Waals surface area contributed by atoms with Gasteiger partial charge in [-0.3, -0.25) is 4.52 Å². The van der Waals surface area contributed by atoms with Crippen molar-refractivity contribution in [3.63, 3.8) is 0 Å². The summed E-state index contributed by atoms with van der Waals surface area (Å²) in [4.78, 5) is 12.6. The van der Waals surface area contributed by atoms with E-state index in [0.29, 0.717) is 5.69 Å². The van der Waals surface area contributed by atoms with E-state index in [0.717, 1.165) is 44.2 Å². The van der Waals surface area contributed by atoms with E-state index in [1.807, 2.05) is 0 Å². The van der Waals surface area contributed by atoms with Crippen LogP contribution in [0.1, 0.15) is 50.1 Å². The zero-order valence-corrected chi connectivity index (χ0v) is 18.7. The summed E-state index contributed by atoms with van der Waals surface area (Å²) in [6.07, 6.45) is 0. The zero-order valence-electron chi connectivity index (χ0n) is 18.7. The lowest BCUT2D eigenvalue weighted by Crippen LogP contribution is -2.15. The highest BCUT2D eigenvalue weighted by Crippen LogP contribution is 2.39. The molecule has 0 spiro atoms. The number of hydrogen-bond donors (Lipinski definition) is 0. The van der Waals surface area contributed by atoms with E-state index >= 15 is 0 Å². The second-order valence-electron chi connectivity index (χ2n) is 8.28. The highest BCUT2D eigenvalue weighted by Gasteiger charge is 2.24. The van der Waals surface area contributed by atoms with Gasteiger partial charge in [0, 0.05) is 10.9 Å². The Morgan fingerprint density at radius 3 is 1.72 bits per heavy atom. The topological polar surface area (TPSA) is 60.4 Å². The third-order valence-electron chi connectivity index (χ3n) is 7.15. The fraction of sp³-hybridized carbons (Fsp3) is 0.375. The Labute approximate surface area is 170 Å². The fourth-order valence-corrected chi connectivity index (χ4v) is 4.50. The van der Waals surface area contributed by atoms with Gasteiger partial charge in [0.2, 0.25) is 0 Å². The molecule has 0 N–H and O–H groups in total. The van der Waals surface area contributed by atoms with Crippen LogP contribution in [0.4, 0.5) is 0 Å². The van der Waals surface area contributed by atoms with Gasteiger partial charge >= 0.3 is 5.76 Å². The molecule has 29 heavy (non-hydrogen) atoms. The van der Waals surface area contributed by atoms with Crippen LogP contribution in [0.15, 0.2) is 9.32 Å². The zero-order chi connectivity index (χ0) is 21.4. The molecule has 2 aromatic heterocycles. The molecule has 0 atom stereocenters. The first kappa shape index (κ1) is 19.4. The lowest BCUT2D eigenvalue weighted by molar-refractivity contribution is 0.344. The van der Waals surface area contributed by atoms with E-state index in [1.165, 1.54) is 32.3 Å². The Morgan fingerprint density at radius 1 is 0.655 bits per heavy atom. The van der Waals surface area contributed by atoms with Crippen LogP contribution in [0.3, 0.4) is 0 Å². The highest BCUT2D eigenvalue weighted by molar-refractivity contribution is 6.05. The fourth-order valence-electron chi connectivity index (χ4n) is 4.50. The molecule has 2 aromatic carbocycles. The Morgan fingerprint density at radius 2 is 1.14 bits per heavy atom. The van der Waals surface area contributed by atoms with E-state index in [9.17, 15) is 4.79 Å².